The van der Waals surface area contributed by atoms with Gasteiger partial charge in [-0.2, -0.15) is 0 Å². The molecule has 17 heavy (non-hydrogen) atoms. The zero-order valence-electron chi connectivity index (χ0n) is 10.2. The summed E-state index contributed by atoms with van der Waals surface area (Å²) in [4.78, 5) is 11.5. The maximum absolute atomic E-state index is 11.5. The molecule has 0 aliphatic heterocycles. The lowest BCUT2D eigenvalue weighted by atomic mass is 10.3. The minimum Gasteiger partial charge on any atom is -0.436 e. The minimum absolute atomic E-state index is 0.241. The monoisotopic (exact) mass is 240 g/mol. The number of carbonyl (C=O) groups is 1. The summed E-state index contributed by atoms with van der Waals surface area (Å²) < 4.78 is 10.4. The number of nitrogens with one attached hydrogen (secondary N) is 1. The number of hydrogen-bond acceptors (Lipinski definition) is 4. The molecular weight excluding hydrogens is 220 g/mol. The predicted molar refractivity (Wildman–Crippen MR) is 65.8 cm³/mol. The lowest BCUT2D eigenvalue weighted by molar-refractivity contribution is 0.0914. The highest BCUT2D eigenvalue weighted by Crippen LogP contribution is 2.08. The summed E-state index contributed by atoms with van der Waals surface area (Å²) in [6.07, 6.45) is 3.01. The molecule has 0 aliphatic rings. The highest BCUT2D eigenvalue weighted by molar-refractivity contribution is 5.91. The molecule has 1 aromatic rings. The number of unbranched alkanes of at least 4 members (excludes halogenated alkanes) is 1. The molecule has 1 aromatic heterocycles. The highest BCUT2D eigenvalue weighted by atomic mass is 16.5. The van der Waals surface area contributed by atoms with Gasteiger partial charge in [-0.3, -0.25) is 4.79 Å². The zero-order chi connectivity index (χ0) is 12.5. The van der Waals surface area contributed by atoms with E-state index in [1.54, 1.807) is 12.1 Å². The molecule has 5 nitrogen and oxygen atoms in total. The molecule has 0 saturated carbocycles. The second-order valence-electron chi connectivity index (χ2n) is 3.78. The third kappa shape index (κ3) is 5.40. The van der Waals surface area contributed by atoms with Gasteiger partial charge in [0.05, 0.1) is 0 Å². The summed E-state index contributed by atoms with van der Waals surface area (Å²) in [7, 11) is 0. The quantitative estimate of drug-likeness (QED) is 0.679. The van der Waals surface area contributed by atoms with E-state index in [1.165, 1.54) is 0 Å². The van der Waals surface area contributed by atoms with Gasteiger partial charge in [0, 0.05) is 25.8 Å². The molecule has 0 unspecified atom stereocenters. The van der Waals surface area contributed by atoms with Crippen molar-refractivity contribution in [3.05, 3.63) is 17.9 Å². The van der Waals surface area contributed by atoms with Gasteiger partial charge in [-0.1, -0.05) is 13.3 Å². The largest absolute Gasteiger partial charge is 0.436 e. The molecule has 1 amide bonds. The summed E-state index contributed by atoms with van der Waals surface area (Å²) in [5.41, 5.74) is 5.37. The van der Waals surface area contributed by atoms with Crippen molar-refractivity contribution in [2.24, 2.45) is 0 Å². The molecule has 96 valence electrons. The first-order chi connectivity index (χ1) is 8.24. The molecular formula is C12H20N2O3. The molecule has 5 heteroatoms. The van der Waals surface area contributed by atoms with Crippen LogP contribution in [0.1, 0.15) is 36.7 Å². The first kappa shape index (κ1) is 13.6. The lowest BCUT2D eigenvalue weighted by Gasteiger charge is -2.04. The lowest BCUT2D eigenvalue weighted by Crippen LogP contribution is -2.24. The van der Waals surface area contributed by atoms with Crippen LogP contribution >= 0.6 is 0 Å². The van der Waals surface area contributed by atoms with Gasteiger partial charge in [-0.25, -0.2) is 0 Å². The zero-order valence-corrected chi connectivity index (χ0v) is 10.2. The highest BCUT2D eigenvalue weighted by Gasteiger charge is 2.08. The average molecular weight is 240 g/mol. The van der Waals surface area contributed by atoms with Crippen LogP contribution in [0.5, 0.6) is 0 Å². The Morgan fingerprint density at radius 1 is 1.41 bits per heavy atom. The number of nitrogens with two attached hydrogens (primary N) is 1. The Morgan fingerprint density at radius 3 is 2.82 bits per heavy atom. The smallest absolute Gasteiger partial charge is 0.287 e. The van der Waals surface area contributed by atoms with E-state index >= 15 is 0 Å². The normalized spacial score (nSPS) is 10.4. The van der Waals surface area contributed by atoms with E-state index in [1.807, 2.05) is 0 Å². The van der Waals surface area contributed by atoms with Crippen LogP contribution in [-0.2, 0) is 4.74 Å². The maximum atomic E-state index is 11.5. The van der Waals surface area contributed by atoms with Crippen molar-refractivity contribution in [2.75, 3.05) is 25.5 Å². The van der Waals surface area contributed by atoms with E-state index in [0.717, 1.165) is 25.9 Å². The topological polar surface area (TPSA) is 77.5 Å². The molecule has 1 rings (SSSR count). The van der Waals surface area contributed by atoms with Crippen LogP contribution in [0.25, 0.3) is 0 Å². The molecule has 3 N–H and O–H groups in total. The van der Waals surface area contributed by atoms with Crippen molar-refractivity contribution < 1.29 is 13.9 Å². The Kier molecular flexibility index (Phi) is 6.17. The van der Waals surface area contributed by atoms with Crippen LogP contribution in [0.2, 0.25) is 0 Å². The number of nitrogen functional groups attached to an aromatic ring is 1. The van der Waals surface area contributed by atoms with Gasteiger partial charge in [0.2, 0.25) is 0 Å². The number of ether oxygens (including phenoxy) is 1. The second kappa shape index (κ2) is 7.73. The first-order valence-corrected chi connectivity index (χ1v) is 5.95. The third-order valence-electron chi connectivity index (χ3n) is 2.24. The Labute approximate surface area is 101 Å². The van der Waals surface area contributed by atoms with E-state index < -0.39 is 0 Å². The van der Waals surface area contributed by atoms with E-state index in [2.05, 4.69) is 12.2 Å². The van der Waals surface area contributed by atoms with Crippen molar-refractivity contribution in [1.29, 1.82) is 0 Å². The minimum atomic E-state index is -0.241. The number of amides is 1. The van der Waals surface area contributed by atoms with Crippen LogP contribution in [-0.4, -0.2) is 25.7 Å². The molecule has 0 spiro atoms. The summed E-state index contributed by atoms with van der Waals surface area (Å²) in [6, 6.07) is 3.12. The van der Waals surface area contributed by atoms with Crippen molar-refractivity contribution >= 4 is 11.8 Å². The molecule has 0 radical (unpaired) electrons. The van der Waals surface area contributed by atoms with E-state index in [9.17, 15) is 4.79 Å². The molecule has 0 bridgehead atoms. The SMILES string of the molecule is CCCCOCCCNC(=O)c1ccc(N)o1. The molecule has 0 atom stereocenters. The Bertz CT molecular complexity index is 336. The van der Waals surface area contributed by atoms with Gasteiger partial charge in [0.15, 0.2) is 11.6 Å². The van der Waals surface area contributed by atoms with Gasteiger partial charge in [0.1, 0.15) is 0 Å². The molecule has 1 heterocycles. The summed E-state index contributed by atoms with van der Waals surface area (Å²) >= 11 is 0. The summed E-state index contributed by atoms with van der Waals surface area (Å²) in [5.74, 6) is 0.253. The predicted octanol–water partition coefficient (Wildman–Crippen LogP) is 1.80. The molecule has 0 fully saturated rings. The van der Waals surface area contributed by atoms with Crippen LogP contribution in [0, 0.1) is 0 Å². The van der Waals surface area contributed by atoms with Crippen molar-refractivity contribution in [1.82, 2.24) is 5.32 Å². The first-order valence-electron chi connectivity index (χ1n) is 5.95. The van der Waals surface area contributed by atoms with Crippen molar-refractivity contribution in [3.63, 3.8) is 0 Å². The average Bonchev–Trinajstić information content (AvgIpc) is 2.74. The molecule has 0 aliphatic carbocycles. The van der Waals surface area contributed by atoms with E-state index in [-0.39, 0.29) is 17.6 Å². The number of furan rings is 1. The van der Waals surface area contributed by atoms with Crippen LogP contribution in [0.3, 0.4) is 0 Å². The Balaban J connectivity index is 2.05. The number of anilines is 1. The van der Waals surface area contributed by atoms with Gasteiger partial charge >= 0.3 is 0 Å². The number of hydrogen-bond donors (Lipinski definition) is 2. The van der Waals surface area contributed by atoms with E-state index in [4.69, 9.17) is 14.9 Å². The third-order valence-corrected chi connectivity index (χ3v) is 2.24. The maximum Gasteiger partial charge on any atom is 0.287 e. The van der Waals surface area contributed by atoms with Gasteiger partial charge < -0.3 is 20.2 Å². The van der Waals surface area contributed by atoms with Crippen LogP contribution < -0.4 is 11.1 Å². The van der Waals surface area contributed by atoms with Gasteiger partial charge in [0.25, 0.3) is 5.91 Å². The summed E-state index contributed by atoms with van der Waals surface area (Å²) in [5, 5.41) is 2.73. The summed E-state index contributed by atoms with van der Waals surface area (Å²) in [6.45, 7) is 4.16. The van der Waals surface area contributed by atoms with Crippen molar-refractivity contribution in [2.45, 2.75) is 26.2 Å². The standard InChI is InChI=1S/C12H20N2O3/c1-2-3-8-16-9-4-7-14-12(15)10-5-6-11(13)17-10/h5-6H,2-4,7-9,13H2,1H3,(H,14,15). The molecule has 0 saturated heterocycles. The van der Waals surface area contributed by atoms with Gasteiger partial charge in [-0.05, 0) is 18.9 Å². The Morgan fingerprint density at radius 2 is 2.18 bits per heavy atom. The number of rotatable bonds is 8. The fourth-order valence-corrected chi connectivity index (χ4v) is 1.29. The van der Waals surface area contributed by atoms with Gasteiger partial charge in [-0.15, -0.1) is 0 Å². The van der Waals surface area contributed by atoms with Crippen LogP contribution in [0.15, 0.2) is 16.5 Å². The fraction of sp³-hybridized carbons (Fsp3) is 0.583. The van der Waals surface area contributed by atoms with Crippen LogP contribution in [0.4, 0.5) is 5.88 Å². The second-order valence-corrected chi connectivity index (χ2v) is 3.78. The fourth-order valence-electron chi connectivity index (χ4n) is 1.29. The number of carbonyl (C=O) groups excluding carboxylic acids is 1. The van der Waals surface area contributed by atoms with E-state index in [0.29, 0.717) is 13.2 Å². The Hall–Kier alpha value is -1.49. The molecule has 0 aromatic carbocycles. The van der Waals surface area contributed by atoms with Crippen molar-refractivity contribution in [3.8, 4) is 0 Å².